The van der Waals surface area contributed by atoms with Gasteiger partial charge in [0.25, 0.3) is 0 Å². The second-order valence-corrected chi connectivity index (χ2v) is 8.44. The lowest BCUT2D eigenvalue weighted by molar-refractivity contribution is 0.299. The van der Waals surface area contributed by atoms with Crippen LogP contribution in [0.15, 0.2) is 0 Å². The van der Waals surface area contributed by atoms with Gasteiger partial charge in [-0.1, -0.05) is 13.3 Å². The highest BCUT2D eigenvalue weighted by molar-refractivity contribution is 8.00. The molecule has 0 radical (unpaired) electrons. The lowest BCUT2D eigenvalue weighted by atomic mass is 10.00. The Kier molecular flexibility index (Phi) is 4.93. The van der Waals surface area contributed by atoms with Crippen LogP contribution in [-0.4, -0.2) is 42.1 Å². The molecular weight excluding hydrogens is 232 g/mol. The Morgan fingerprint density at radius 3 is 2.67 bits per heavy atom. The third-order valence-corrected chi connectivity index (χ3v) is 5.93. The minimum absolute atomic E-state index is 0.158. The fourth-order valence-electron chi connectivity index (χ4n) is 1.99. The van der Waals surface area contributed by atoms with Crippen LogP contribution >= 0.6 is 11.8 Å². The van der Waals surface area contributed by atoms with Crippen LogP contribution < -0.4 is 0 Å². The summed E-state index contributed by atoms with van der Waals surface area (Å²) in [4.78, 5) is 0. The van der Waals surface area contributed by atoms with E-state index in [0.717, 1.165) is 25.7 Å². The van der Waals surface area contributed by atoms with E-state index in [1.807, 2.05) is 6.92 Å². The summed E-state index contributed by atoms with van der Waals surface area (Å²) in [5, 5.41) is 9.41. The summed E-state index contributed by atoms with van der Waals surface area (Å²) < 4.78 is 22.9. The van der Waals surface area contributed by atoms with Crippen molar-refractivity contribution < 1.29 is 13.5 Å². The Bertz CT molecular complexity index is 287. The van der Waals surface area contributed by atoms with Gasteiger partial charge >= 0.3 is 0 Å². The molecule has 1 aliphatic rings. The van der Waals surface area contributed by atoms with Crippen molar-refractivity contribution in [2.24, 2.45) is 0 Å². The summed E-state index contributed by atoms with van der Waals surface area (Å²) in [5.74, 6) is 0. The predicted octanol–water partition coefficient (Wildman–Crippen LogP) is 1.46. The Hall–Kier alpha value is 0.260. The maximum Gasteiger partial charge on any atom is 0.150 e. The molecule has 0 aromatic rings. The van der Waals surface area contributed by atoms with Crippen molar-refractivity contribution in [2.45, 2.75) is 48.4 Å². The molecule has 0 spiro atoms. The van der Waals surface area contributed by atoms with E-state index in [1.54, 1.807) is 11.8 Å². The van der Waals surface area contributed by atoms with Crippen molar-refractivity contribution in [3.63, 3.8) is 0 Å². The van der Waals surface area contributed by atoms with Crippen LogP contribution in [0.4, 0.5) is 0 Å². The monoisotopic (exact) mass is 252 g/mol. The Morgan fingerprint density at radius 2 is 2.13 bits per heavy atom. The zero-order valence-corrected chi connectivity index (χ0v) is 11.0. The minimum atomic E-state index is -2.88. The molecule has 1 fully saturated rings. The van der Waals surface area contributed by atoms with E-state index < -0.39 is 9.84 Å². The zero-order chi connectivity index (χ0) is 11.5. The lowest BCUT2D eigenvalue weighted by Crippen LogP contribution is -2.29. The average Bonchev–Trinajstić information content (AvgIpc) is 2.17. The van der Waals surface area contributed by atoms with Crippen LogP contribution in [0.5, 0.6) is 0 Å². The topological polar surface area (TPSA) is 54.4 Å². The molecule has 1 N–H and O–H groups in total. The van der Waals surface area contributed by atoms with Crippen LogP contribution in [-0.2, 0) is 9.84 Å². The molecule has 5 heteroatoms. The molecule has 1 saturated carbocycles. The Labute approximate surface area is 96.6 Å². The van der Waals surface area contributed by atoms with Crippen molar-refractivity contribution in [3.05, 3.63) is 0 Å². The second kappa shape index (κ2) is 5.55. The third-order valence-electron chi connectivity index (χ3n) is 2.87. The summed E-state index contributed by atoms with van der Waals surface area (Å²) in [6.07, 6.45) is 4.98. The van der Waals surface area contributed by atoms with Crippen LogP contribution in [0.1, 0.15) is 32.6 Å². The maximum absolute atomic E-state index is 11.4. The van der Waals surface area contributed by atoms with E-state index in [9.17, 15) is 8.42 Å². The standard InChI is InChI=1S/C10H20O3S2/c1-8(7-11)14-9-4-3-5-10(6-9)15(2,12)13/h8-11H,3-7H2,1-2H3. The quantitative estimate of drug-likeness (QED) is 0.823. The van der Waals surface area contributed by atoms with Crippen LogP contribution in [0.25, 0.3) is 0 Å². The van der Waals surface area contributed by atoms with Gasteiger partial charge in [0.1, 0.15) is 9.84 Å². The molecule has 1 rings (SSSR count). The molecule has 90 valence electrons. The van der Waals surface area contributed by atoms with Crippen LogP contribution in [0.3, 0.4) is 0 Å². The largest absolute Gasteiger partial charge is 0.395 e. The van der Waals surface area contributed by atoms with E-state index in [2.05, 4.69) is 0 Å². The zero-order valence-electron chi connectivity index (χ0n) is 9.35. The highest BCUT2D eigenvalue weighted by atomic mass is 32.2. The van der Waals surface area contributed by atoms with Crippen molar-refractivity contribution in [1.29, 1.82) is 0 Å². The number of hydrogen-bond acceptors (Lipinski definition) is 4. The van der Waals surface area contributed by atoms with Gasteiger partial charge in [-0.3, -0.25) is 0 Å². The molecule has 1 aliphatic carbocycles. The van der Waals surface area contributed by atoms with Crippen molar-refractivity contribution in [1.82, 2.24) is 0 Å². The molecule has 0 bridgehead atoms. The summed E-state index contributed by atoms with van der Waals surface area (Å²) in [6.45, 7) is 2.15. The number of aliphatic hydroxyl groups is 1. The van der Waals surface area contributed by atoms with Crippen LogP contribution in [0.2, 0.25) is 0 Å². The first-order valence-electron chi connectivity index (χ1n) is 5.38. The molecule has 0 saturated heterocycles. The molecule has 0 amide bonds. The van der Waals surface area contributed by atoms with E-state index >= 15 is 0 Å². The average molecular weight is 252 g/mol. The first kappa shape index (κ1) is 13.3. The van der Waals surface area contributed by atoms with Gasteiger partial charge in [-0.25, -0.2) is 8.42 Å². The first-order chi connectivity index (χ1) is 6.93. The van der Waals surface area contributed by atoms with Crippen molar-refractivity contribution >= 4 is 21.6 Å². The Morgan fingerprint density at radius 1 is 1.47 bits per heavy atom. The summed E-state index contributed by atoms with van der Waals surface area (Å²) in [6, 6.07) is 0. The van der Waals surface area contributed by atoms with Gasteiger partial charge in [0.15, 0.2) is 0 Å². The first-order valence-corrected chi connectivity index (χ1v) is 8.28. The number of aliphatic hydroxyl groups excluding tert-OH is 1. The molecule has 0 aliphatic heterocycles. The maximum atomic E-state index is 11.4. The van der Waals surface area contributed by atoms with Crippen molar-refractivity contribution in [2.75, 3.05) is 12.9 Å². The van der Waals surface area contributed by atoms with E-state index in [1.165, 1.54) is 6.26 Å². The van der Waals surface area contributed by atoms with E-state index in [-0.39, 0.29) is 17.1 Å². The van der Waals surface area contributed by atoms with Crippen molar-refractivity contribution in [3.8, 4) is 0 Å². The predicted molar refractivity (Wildman–Crippen MR) is 65.0 cm³/mol. The van der Waals surface area contributed by atoms with E-state index in [0.29, 0.717) is 5.25 Å². The van der Waals surface area contributed by atoms with Gasteiger partial charge in [0.2, 0.25) is 0 Å². The van der Waals surface area contributed by atoms with Gasteiger partial charge < -0.3 is 5.11 Å². The number of sulfone groups is 1. The van der Waals surface area contributed by atoms with Crippen LogP contribution in [0, 0.1) is 0 Å². The van der Waals surface area contributed by atoms with Gasteiger partial charge in [-0.2, -0.15) is 11.8 Å². The van der Waals surface area contributed by atoms with Gasteiger partial charge in [0, 0.05) is 16.8 Å². The SMILES string of the molecule is CC(CO)SC1CCCC(S(C)(=O)=O)C1. The smallest absolute Gasteiger partial charge is 0.150 e. The van der Waals surface area contributed by atoms with Gasteiger partial charge in [0.05, 0.1) is 11.9 Å². The van der Waals surface area contributed by atoms with Gasteiger partial charge in [-0.15, -0.1) is 0 Å². The second-order valence-electron chi connectivity index (χ2n) is 4.37. The lowest BCUT2D eigenvalue weighted by Gasteiger charge is -2.28. The molecule has 15 heavy (non-hydrogen) atoms. The third kappa shape index (κ3) is 4.33. The number of rotatable bonds is 4. The summed E-state index contributed by atoms with van der Waals surface area (Å²) >= 11 is 1.73. The molecule has 0 heterocycles. The fourth-order valence-corrected chi connectivity index (χ4v) is 4.67. The molecular formula is C10H20O3S2. The minimum Gasteiger partial charge on any atom is -0.395 e. The number of thioether (sulfide) groups is 1. The summed E-state index contributed by atoms with van der Waals surface area (Å²) in [5.41, 5.74) is 0. The fraction of sp³-hybridized carbons (Fsp3) is 1.00. The molecule has 3 nitrogen and oxygen atoms in total. The molecule has 0 aromatic heterocycles. The molecule has 3 atom stereocenters. The summed E-state index contributed by atoms with van der Waals surface area (Å²) in [7, 11) is -2.88. The normalized spacial score (nSPS) is 30.1. The van der Waals surface area contributed by atoms with Gasteiger partial charge in [-0.05, 0) is 19.3 Å². The number of hydrogen-bond donors (Lipinski definition) is 1. The van der Waals surface area contributed by atoms with E-state index in [4.69, 9.17) is 5.11 Å². The molecule has 3 unspecified atom stereocenters. The highest BCUT2D eigenvalue weighted by Crippen LogP contribution is 2.33. The Balaban J connectivity index is 2.49. The molecule has 0 aromatic carbocycles. The highest BCUT2D eigenvalue weighted by Gasteiger charge is 2.29.